The summed E-state index contributed by atoms with van der Waals surface area (Å²) in [4.78, 5) is 15.0. The lowest BCUT2D eigenvalue weighted by atomic mass is 10.0. The number of hydrogen-bond acceptors (Lipinski definition) is 4. The van der Waals surface area contributed by atoms with Gasteiger partial charge in [0.1, 0.15) is 5.82 Å². The van der Waals surface area contributed by atoms with E-state index in [9.17, 15) is 17.6 Å². The molecular formula is C20H27FN2O4S. The van der Waals surface area contributed by atoms with Gasteiger partial charge in [0.15, 0.2) is 0 Å². The van der Waals surface area contributed by atoms with Gasteiger partial charge in [0, 0.05) is 44.3 Å². The highest BCUT2D eigenvalue weighted by atomic mass is 32.2. The number of benzene rings is 1. The first-order valence-corrected chi connectivity index (χ1v) is 11.5. The maximum Gasteiger partial charge on any atom is 0.243 e. The first kappa shape index (κ1) is 19.8. The van der Waals surface area contributed by atoms with Crippen LogP contribution >= 0.6 is 0 Å². The molecule has 1 atom stereocenters. The fourth-order valence-corrected chi connectivity index (χ4v) is 6.04. The quantitative estimate of drug-likeness (QED) is 0.747. The summed E-state index contributed by atoms with van der Waals surface area (Å²) in [6.45, 7) is 3.56. The average Bonchev–Trinajstić information content (AvgIpc) is 3.42. The highest BCUT2D eigenvalue weighted by Gasteiger charge is 2.44. The Balaban J connectivity index is 1.55. The lowest BCUT2D eigenvalue weighted by Crippen LogP contribution is -2.51. The minimum atomic E-state index is -3.79. The first-order valence-electron chi connectivity index (χ1n) is 10.0. The maximum atomic E-state index is 13.7. The first-order chi connectivity index (χ1) is 13.4. The third-order valence-corrected chi connectivity index (χ3v) is 8.06. The smallest absolute Gasteiger partial charge is 0.243 e. The van der Waals surface area contributed by atoms with Crippen LogP contribution in [0.3, 0.4) is 0 Å². The second kappa shape index (κ2) is 7.72. The third kappa shape index (κ3) is 3.82. The van der Waals surface area contributed by atoms with E-state index in [2.05, 4.69) is 0 Å². The molecule has 0 bridgehead atoms. The Labute approximate surface area is 165 Å². The van der Waals surface area contributed by atoms with Crippen molar-refractivity contribution in [1.82, 2.24) is 9.21 Å². The van der Waals surface area contributed by atoms with Crippen molar-refractivity contribution in [2.24, 2.45) is 5.92 Å². The van der Waals surface area contributed by atoms with Crippen LogP contribution in [0.2, 0.25) is 0 Å². The number of carbonyl (C=O) groups excluding carboxylic acids is 1. The molecule has 2 aliphatic heterocycles. The van der Waals surface area contributed by atoms with Crippen LogP contribution < -0.4 is 0 Å². The van der Waals surface area contributed by atoms with Crippen LogP contribution in [0.4, 0.5) is 4.39 Å². The van der Waals surface area contributed by atoms with Gasteiger partial charge in [-0.3, -0.25) is 4.79 Å². The number of nitrogens with zero attached hydrogens (tertiary/aromatic N) is 2. The molecule has 1 aromatic carbocycles. The molecule has 4 rings (SSSR count). The van der Waals surface area contributed by atoms with Gasteiger partial charge in [-0.1, -0.05) is 6.07 Å². The van der Waals surface area contributed by atoms with Crippen molar-refractivity contribution in [2.45, 2.75) is 56.0 Å². The minimum absolute atomic E-state index is 0.0132. The topological polar surface area (TPSA) is 66.9 Å². The molecule has 2 heterocycles. The Hall–Kier alpha value is -1.51. The predicted octanol–water partition coefficient (Wildman–Crippen LogP) is 2.31. The summed E-state index contributed by atoms with van der Waals surface area (Å²) in [7, 11) is -3.79. The zero-order valence-corrected chi connectivity index (χ0v) is 17.0. The van der Waals surface area contributed by atoms with Gasteiger partial charge in [-0.05, 0) is 56.7 Å². The van der Waals surface area contributed by atoms with Gasteiger partial charge in [0.05, 0.1) is 4.90 Å². The lowest BCUT2D eigenvalue weighted by molar-refractivity contribution is -0.139. The number of halogens is 1. The van der Waals surface area contributed by atoms with Gasteiger partial charge in [-0.15, -0.1) is 0 Å². The normalized spacial score (nSPS) is 24.4. The van der Waals surface area contributed by atoms with Crippen LogP contribution in [0.25, 0.3) is 0 Å². The standard InChI is InChI=1S/C20H27FN2O4S/c1-14-2-5-16(21)12-19(14)28(25,26)22-9-6-18(13-22)23(20(24)15-3-4-15)17-7-10-27-11-8-17/h2,5,12,15,17-18H,3-4,6-11,13H2,1H3. The van der Waals surface area contributed by atoms with Crippen molar-refractivity contribution in [2.75, 3.05) is 26.3 Å². The summed E-state index contributed by atoms with van der Waals surface area (Å²) in [5, 5.41) is 0. The van der Waals surface area contributed by atoms with Crippen molar-refractivity contribution in [3.8, 4) is 0 Å². The highest BCUT2D eigenvalue weighted by molar-refractivity contribution is 7.89. The van der Waals surface area contributed by atoms with Crippen LogP contribution in [0.5, 0.6) is 0 Å². The Morgan fingerprint density at radius 2 is 1.86 bits per heavy atom. The van der Waals surface area contributed by atoms with Crippen LogP contribution in [0.15, 0.2) is 23.1 Å². The Bertz CT molecular complexity index is 850. The van der Waals surface area contributed by atoms with Crippen molar-refractivity contribution < 1.29 is 22.3 Å². The average molecular weight is 411 g/mol. The number of carbonyl (C=O) groups is 1. The van der Waals surface area contributed by atoms with Crippen LogP contribution in [-0.4, -0.2) is 61.9 Å². The molecule has 154 valence electrons. The number of aryl methyl sites for hydroxylation is 1. The molecule has 0 radical (unpaired) electrons. The van der Waals surface area contributed by atoms with Crippen molar-refractivity contribution in [1.29, 1.82) is 0 Å². The Kier molecular flexibility index (Phi) is 5.46. The van der Waals surface area contributed by atoms with Crippen LogP contribution in [0.1, 0.15) is 37.7 Å². The molecule has 1 unspecified atom stereocenters. The molecule has 3 fully saturated rings. The summed E-state index contributed by atoms with van der Waals surface area (Å²) in [6, 6.07) is 3.83. The monoisotopic (exact) mass is 410 g/mol. The van der Waals surface area contributed by atoms with Crippen molar-refractivity contribution in [3.63, 3.8) is 0 Å². The zero-order chi connectivity index (χ0) is 19.9. The van der Waals surface area contributed by atoms with Gasteiger partial charge in [-0.25, -0.2) is 12.8 Å². The predicted molar refractivity (Wildman–Crippen MR) is 102 cm³/mol. The van der Waals surface area contributed by atoms with E-state index < -0.39 is 15.8 Å². The van der Waals surface area contributed by atoms with Gasteiger partial charge in [0.2, 0.25) is 15.9 Å². The molecule has 0 aromatic heterocycles. The summed E-state index contributed by atoms with van der Waals surface area (Å²) in [5.74, 6) is -0.301. The highest BCUT2D eigenvalue weighted by Crippen LogP contribution is 2.36. The molecule has 1 aliphatic carbocycles. The molecule has 1 amide bonds. The number of rotatable bonds is 5. The molecule has 1 saturated carbocycles. The Morgan fingerprint density at radius 1 is 1.14 bits per heavy atom. The van der Waals surface area contributed by atoms with Gasteiger partial charge in [-0.2, -0.15) is 4.31 Å². The van der Waals surface area contributed by atoms with E-state index >= 15 is 0 Å². The second-order valence-electron chi connectivity index (χ2n) is 8.08. The van der Waals surface area contributed by atoms with Gasteiger partial charge >= 0.3 is 0 Å². The van der Waals surface area contributed by atoms with Crippen LogP contribution in [-0.2, 0) is 19.6 Å². The summed E-state index contributed by atoms with van der Waals surface area (Å²) >= 11 is 0. The van der Waals surface area contributed by atoms with E-state index in [4.69, 9.17) is 4.74 Å². The molecule has 0 N–H and O–H groups in total. The number of ether oxygens (including phenoxy) is 1. The summed E-state index contributed by atoms with van der Waals surface area (Å²) in [6.07, 6.45) is 4.06. The molecule has 3 aliphatic rings. The van der Waals surface area contributed by atoms with Gasteiger partial charge in [0.25, 0.3) is 0 Å². The minimum Gasteiger partial charge on any atom is -0.381 e. The van der Waals surface area contributed by atoms with E-state index in [0.717, 1.165) is 31.7 Å². The number of sulfonamides is 1. The van der Waals surface area contributed by atoms with Crippen molar-refractivity contribution >= 4 is 15.9 Å². The largest absolute Gasteiger partial charge is 0.381 e. The van der Waals surface area contributed by atoms with E-state index in [1.165, 1.54) is 16.4 Å². The second-order valence-corrected chi connectivity index (χ2v) is 9.99. The van der Waals surface area contributed by atoms with E-state index in [1.54, 1.807) is 6.92 Å². The molecule has 6 nitrogen and oxygen atoms in total. The zero-order valence-electron chi connectivity index (χ0n) is 16.1. The molecule has 28 heavy (non-hydrogen) atoms. The van der Waals surface area contributed by atoms with E-state index in [1.807, 2.05) is 4.90 Å². The fraction of sp³-hybridized carbons (Fsp3) is 0.650. The molecule has 0 spiro atoms. The Morgan fingerprint density at radius 3 is 2.54 bits per heavy atom. The molecule has 2 saturated heterocycles. The number of amides is 1. The lowest BCUT2D eigenvalue weighted by Gasteiger charge is -2.38. The third-order valence-electron chi connectivity index (χ3n) is 6.05. The molecule has 8 heteroatoms. The number of hydrogen-bond donors (Lipinski definition) is 0. The summed E-state index contributed by atoms with van der Waals surface area (Å²) < 4.78 is 46.7. The molecule has 1 aromatic rings. The van der Waals surface area contributed by atoms with Crippen molar-refractivity contribution in [3.05, 3.63) is 29.6 Å². The van der Waals surface area contributed by atoms with E-state index in [-0.39, 0.29) is 35.3 Å². The SMILES string of the molecule is Cc1ccc(F)cc1S(=O)(=O)N1CCC(N(C(=O)C2CC2)C2CCOCC2)C1. The van der Waals surface area contributed by atoms with Crippen LogP contribution in [0, 0.1) is 18.7 Å². The van der Waals surface area contributed by atoms with Gasteiger partial charge < -0.3 is 9.64 Å². The maximum absolute atomic E-state index is 13.7. The fourth-order valence-electron chi connectivity index (χ4n) is 4.31. The van der Waals surface area contributed by atoms with E-state index in [0.29, 0.717) is 31.7 Å². The molecular weight excluding hydrogens is 383 g/mol. The summed E-state index contributed by atoms with van der Waals surface area (Å²) in [5.41, 5.74) is 0.528.